The molecule has 0 aliphatic heterocycles. The Kier molecular flexibility index (Phi) is 7.54. The van der Waals surface area contributed by atoms with Crippen molar-refractivity contribution in [3.05, 3.63) is 77.6 Å². The minimum absolute atomic E-state index is 0.0527. The molecule has 0 radical (unpaired) electrons. The van der Waals surface area contributed by atoms with Gasteiger partial charge < -0.3 is 14.1 Å². The normalized spacial score (nSPS) is 10.7. The Morgan fingerprint density at radius 1 is 1.16 bits per heavy atom. The third-order valence-corrected chi connectivity index (χ3v) is 4.79. The van der Waals surface area contributed by atoms with E-state index in [4.69, 9.17) is 9.15 Å². The molecule has 0 N–H and O–H groups in total. The zero-order chi connectivity index (χ0) is 22.2. The molecule has 3 aromatic rings. The van der Waals surface area contributed by atoms with Crippen molar-refractivity contribution in [1.29, 1.82) is 0 Å². The van der Waals surface area contributed by atoms with Crippen LogP contribution in [0.15, 0.2) is 59.1 Å². The van der Waals surface area contributed by atoms with E-state index in [1.54, 1.807) is 18.3 Å². The van der Waals surface area contributed by atoms with E-state index in [1.807, 2.05) is 38.1 Å². The largest absolute Gasteiger partial charge is 0.456 e. The Morgan fingerprint density at radius 3 is 2.65 bits per heavy atom. The van der Waals surface area contributed by atoms with Crippen LogP contribution in [0.3, 0.4) is 0 Å². The number of aromatic nitrogens is 1. The quantitative estimate of drug-likeness (QED) is 0.479. The van der Waals surface area contributed by atoms with Crippen LogP contribution in [0.4, 0.5) is 4.39 Å². The summed E-state index contributed by atoms with van der Waals surface area (Å²) in [6.07, 6.45) is 1.96. The summed E-state index contributed by atoms with van der Waals surface area (Å²) < 4.78 is 24.1. The standard InChI is InChI=1S/C24H25FN2O4/c1-3-27(15-18-5-4-6-20(25)13-18)23(28)16-30-24(29)12-11-22-26-14-21(31-22)19-9-7-17(2)8-10-19/h4-10,13-14H,3,11-12,15-16H2,1-2H3. The van der Waals surface area contributed by atoms with Crippen molar-refractivity contribution in [2.24, 2.45) is 0 Å². The molecular weight excluding hydrogens is 399 g/mol. The summed E-state index contributed by atoms with van der Waals surface area (Å²) in [5.74, 6) is -0.137. The molecule has 1 aromatic heterocycles. The molecule has 162 valence electrons. The zero-order valence-corrected chi connectivity index (χ0v) is 17.6. The second-order valence-electron chi connectivity index (χ2n) is 7.18. The van der Waals surface area contributed by atoms with E-state index < -0.39 is 5.97 Å². The first kappa shape index (κ1) is 22.2. The van der Waals surface area contributed by atoms with E-state index in [2.05, 4.69) is 4.98 Å². The number of likely N-dealkylation sites (N-methyl/N-ethyl adjacent to an activating group) is 1. The fraction of sp³-hybridized carbons (Fsp3) is 0.292. The molecule has 0 fully saturated rings. The molecular formula is C24H25FN2O4. The van der Waals surface area contributed by atoms with Gasteiger partial charge in [-0.1, -0.05) is 42.0 Å². The Balaban J connectivity index is 1.45. The van der Waals surface area contributed by atoms with Gasteiger partial charge >= 0.3 is 5.97 Å². The summed E-state index contributed by atoms with van der Waals surface area (Å²) in [6.45, 7) is 4.14. The number of oxazole rings is 1. The van der Waals surface area contributed by atoms with Gasteiger partial charge in [-0.15, -0.1) is 0 Å². The molecule has 0 saturated carbocycles. The maximum atomic E-state index is 13.3. The number of esters is 1. The number of ether oxygens (including phenoxy) is 1. The SMILES string of the molecule is CCN(Cc1cccc(F)c1)C(=O)COC(=O)CCc1ncc(-c2ccc(C)cc2)o1. The lowest BCUT2D eigenvalue weighted by atomic mass is 10.1. The van der Waals surface area contributed by atoms with E-state index in [-0.39, 0.29) is 37.7 Å². The molecule has 2 aromatic carbocycles. The minimum atomic E-state index is -0.509. The number of benzene rings is 2. The van der Waals surface area contributed by atoms with Crippen molar-refractivity contribution in [1.82, 2.24) is 9.88 Å². The monoisotopic (exact) mass is 424 g/mol. The average molecular weight is 424 g/mol. The first-order valence-electron chi connectivity index (χ1n) is 10.1. The fourth-order valence-corrected chi connectivity index (χ4v) is 3.02. The van der Waals surface area contributed by atoms with Crippen LogP contribution < -0.4 is 0 Å². The van der Waals surface area contributed by atoms with Gasteiger partial charge in [0.05, 0.1) is 12.6 Å². The van der Waals surface area contributed by atoms with Gasteiger partial charge in [-0.05, 0) is 31.5 Å². The molecule has 6 nitrogen and oxygen atoms in total. The molecule has 0 aliphatic rings. The van der Waals surface area contributed by atoms with Gasteiger partial charge in [0.15, 0.2) is 18.3 Å². The van der Waals surface area contributed by atoms with Gasteiger partial charge in [0.1, 0.15) is 5.82 Å². The second kappa shape index (κ2) is 10.5. The maximum absolute atomic E-state index is 13.3. The Bertz CT molecular complexity index is 1030. The Morgan fingerprint density at radius 2 is 1.94 bits per heavy atom. The number of rotatable bonds is 9. The molecule has 1 heterocycles. The number of carbonyl (C=O) groups excluding carboxylic acids is 2. The Hall–Kier alpha value is -3.48. The van der Waals surface area contributed by atoms with Crippen molar-refractivity contribution in [2.45, 2.75) is 33.2 Å². The molecule has 3 rings (SSSR count). The highest BCUT2D eigenvalue weighted by atomic mass is 19.1. The lowest BCUT2D eigenvalue weighted by molar-refractivity contribution is -0.152. The van der Waals surface area contributed by atoms with Crippen LogP contribution in [0.2, 0.25) is 0 Å². The average Bonchev–Trinajstić information content (AvgIpc) is 3.24. The zero-order valence-electron chi connectivity index (χ0n) is 17.6. The van der Waals surface area contributed by atoms with E-state index in [1.165, 1.54) is 17.0 Å². The predicted molar refractivity (Wildman–Crippen MR) is 113 cm³/mol. The predicted octanol–water partition coefficient (Wildman–Crippen LogP) is 4.31. The number of nitrogens with zero attached hydrogens (tertiary/aromatic N) is 2. The van der Waals surface area contributed by atoms with Crippen LogP contribution in [-0.2, 0) is 27.3 Å². The van der Waals surface area contributed by atoms with Crippen LogP contribution in [0.25, 0.3) is 11.3 Å². The molecule has 31 heavy (non-hydrogen) atoms. The van der Waals surface area contributed by atoms with Gasteiger partial charge in [0.2, 0.25) is 0 Å². The van der Waals surface area contributed by atoms with E-state index in [0.717, 1.165) is 11.1 Å². The molecule has 1 amide bonds. The summed E-state index contributed by atoms with van der Waals surface area (Å²) in [4.78, 5) is 30.1. The summed E-state index contributed by atoms with van der Waals surface area (Å²) in [5.41, 5.74) is 2.74. The van der Waals surface area contributed by atoms with Crippen molar-refractivity contribution in [2.75, 3.05) is 13.2 Å². The van der Waals surface area contributed by atoms with Gasteiger partial charge in [0.25, 0.3) is 5.91 Å². The van der Waals surface area contributed by atoms with Crippen LogP contribution in [0, 0.1) is 12.7 Å². The molecule has 0 saturated heterocycles. The van der Waals surface area contributed by atoms with Gasteiger partial charge in [-0.2, -0.15) is 0 Å². The van der Waals surface area contributed by atoms with Crippen molar-refractivity contribution in [3.8, 4) is 11.3 Å². The summed E-state index contributed by atoms with van der Waals surface area (Å²) in [5, 5.41) is 0. The van der Waals surface area contributed by atoms with Crippen LogP contribution >= 0.6 is 0 Å². The summed E-state index contributed by atoms with van der Waals surface area (Å²) >= 11 is 0. The Labute approximate surface area is 180 Å². The van der Waals surface area contributed by atoms with Crippen LogP contribution in [0.5, 0.6) is 0 Å². The smallest absolute Gasteiger partial charge is 0.306 e. The van der Waals surface area contributed by atoms with Gasteiger partial charge in [0, 0.05) is 25.1 Å². The third-order valence-electron chi connectivity index (χ3n) is 4.79. The fourth-order valence-electron chi connectivity index (χ4n) is 3.02. The molecule has 0 spiro atoms. The number of carbonyl (C=O) groups is 2. The number of hydrogen-bond donors (Lipinski definition) is 0. The van der Waals surface area contributed by atoms with E-state index in [0.29, 0.717) is 23.8 Å². The highest BCUT2D eigenvalue weighted by Crippen LogP contribution is 2.21. The van der Waals surface area contributed by atoms with Crippen molar-refractivity contribution >= 4 is 11.9 Å². The minimum Gasteiger partial charge on any atom is -0.456 e. The molecule has 0 atom stereocenters. The lowest BCUT2D eigenvalue weighted by Crippen LogP contribution is -2.34. The van der Waals surface area contributed by atoms with E-state index >= 15 is 0 Å². The van der Waals surface area contributed by atoms with E-state index in [9.17, 15) is 14.0 Å². The molecule has 0 aliphatic carbocycles. The molecule has 0 bridgehead atoms. The first-order chi connectivity index (χ1) is 14.9. The van der Waals surface area contributed by atoms with Crippen LogP contribution in [0.1, 0.15) is 30.4 Å². The van der Waals surface area contributed by atoms with Gasteiger partial charge in [-0.25, -0.2) is 9.37 Å². The molecule has 7 heteroatoms. The number of amides is 1. The second-order valence-corrected chi connectivity index (χ2v) is 7.18. The summed E-state index contributed by atoms with van der Waals surface area (Å²) in [6, 6.07) is 13.9. The number of hydrogen-bond acceptors (Lipinski definition) is 5. The topological polar surface area (TPSA) is 72.6 Å². The first-order valence-corrected chi connectivity index (χ1v) is 10.1. The van der Waals surface area contributed by atoms with Crippen molar-refractivity contribution in [3.63, 3.8) is 0 Å². The third kappa shape index (κ3) is 6.50. The highest BCUT2D eigenvalue weighted by molar-refractivity contribution is 5.80. The summed E-state index contributed by atoms with van der Waals surface area (Å²) in [7, 11) is 0. The van der Waals surface area contributed by atoms with Gasteiger partial charge in [-0.3, -0.25) is 9.59 Å². The maximum Gasteiger partial charge on any atom is 0.306 e. The number of aryl methyl sites for hydroxylation is 2. The highest BCUT2D eigenvalue weighted by Gasteiger charge is 2.16. The van der Waals surface area contributed by atoms with Crippen molar-refractivity contribution < 1.29 is 23.1 Å². The molecule has 0 unspecified atom stereocenters. The lowest BCUT2D eigenvalue weighted by Gasteiger charge is -2.20. The number of halogens is 1. The van der Waals surface area contributed by atoms with Crippen LogP contribution in [-0.4, -0.2) is 34.9 Å².